The Hall–Kier alpha value is -2.29. The number of unbranched alkanes of at least 4 members (excludes halogenated alkanes) is 1. The van der Waals surface area contributed by atoms with Gasteiger partial charge in [0.1, 0.15) is 18.1 Å². The normalized spacial score (nSPS) is 16.2. The van der Waals surface area contributed by atoms with Gasteiger partial charge in [0.25, 0.3) is 5.91 Å². The number of nitrogens with zero attached hydrogens (tertiary/aromatic N) is 2. The van der Waals surface area contributed by atoms with Gasteiger partial charge in [0.15, 0.2) is 0 Å². The number of benzene rings is 1. The quantitative estimate of drug-likeness (QED) is 0.370. The van der Waals surface area contributed by atoms with Gasteiger partial charge in [0.2, 0.25) is 5.91 Å². The second kappa shape index (κ2) is 13.7. The summed E-state index contributed by atoms with van der Waals surface area (Å²) in [5.74, 6) is 0.573. The molecule has 1 aromatic heterocycles. The van der Waals surface area contributed by atoms with Crippen molar-refractivity contribution in [1.29, 1.82) is 0 Å². The summed E-state index contributed by atoms with van der Waals surface area (Å²) in [7, 11) is 1.69. The number of halogens is 1. The van der Waals surface area contributed by atoms with Crippen molar-refractivity contribution < 1.29 is 19.1 Å². The first kappa shape index (κ1) is 30.3. The van der Waals surface area contributed by atoms with E-state index in [1.54, 1.807) is 7.11 Å². The van der Waals surface area contributed by atoms with E-state index in [1.165, 1.54) is 0 Å². The zero-order valence-electron chi connectivity index (χ0n) is 23.9. The molecule has 3 rings (SSSR count). The Morgan fingerprint density at radius 3 is 2.63 bits per heavy atom. The molecule has 1 aliphatic heterocycles. The topological polar surface area (TPSA) is 84.8 Å². The number of rotatable bonds is 12. The molecule has 1 saturated heterocycles. The standard InChI is InChI=1S/C29H45ClN4O4/c1-20(2)34(21-11-10-14-31-19-21)27(35)26-24(30)22-12-9-13-23(25(22)33(26)16-7-8-17-37-6)38-18-15-32-28(36)29(3,4)5/h9,12-13,20-21,31H,7-8,10-11,14-19H2,1-6H3,(H,32,36)/t21-/m1/s1. The third-order valence-electron chi connectivity index (χ3n) is 6.95. The maximum Gasteiger partial charge on any atom is 0.272 e. The van der Waals surface area contributed by atoms with Gasteiger partial charge in [-0.15, -0.1) is 0 Å². The van der Waals surface area contributed by atoms with Gasteiger partial charge in [0.05, 0.1) is 17.1 Å². The predicted molar refractivity (Wildman–Crippen MR) is 153 cm³/mol. The van der Waals surface area contributed by atoms with Gasteiger partial charge in [-0.1, -0.05) is 44.5 Å². The van der Waals surface area contributed by atoms with Gasteiger partial charge < -0.3 is 29.6 Å². The summed E-state index contributed by atoms with van der Waals surface area (Å²) in [6, 6.07) is 5.89. The van der Waals surface area contributed by atoms with E-state index in [0.29, 0.717) is 42.8 Å². The van der Waals surface area contributed by atoms with Crippen LogP contribution in [0.25, 0.3) is 10.9 Å². The van der Waals surface area contributed by atoms with E-state index < -0.39 is 5.41 Å². The molecule has 212 valence electrons. The molecule has 0 radical (unpaired) electrons. The van der Waals surface area contributed by atoms with Crippen molar-refractivity contribution in [1.82, 2.24) is 20.1 Å². The fourth-order valence-corrected chi connectivity index (χ4v) is 5.34. The first-order valence-corrected chi connectivity index (χ1v) is 14.2. The largest absolute Gasteiger partial charge is 0.490 e. The highest BCUT2D eigenvalue weighted by Crippen LogP contribution is 2.38. The molecule has 0 spiro atoms. The molecule has 0 unspecified atom stereocenters. The molecule has 2 heterocycles. The molecule has 1 aliphatic rings. The highest BCUT2D eigenvalue weighted by atomic mass is 35.5. The number of aromatic nitrogens is 1. The lowest BCUT2D eigenvalue weighted by molar-refractivity contribution is -0.128. The summed E-state index contributed by atoms with van der Waals surface area (Å²) in [4.78, 5) is 28.4. The number of fused-ring (bicyclic) bond motifs is 1. The van der Waals surface area contributed by atoms with E-state index in [-0.39, 0.29) is 23.9 Å². The van der Waals surface area contributed by atoms with Crippen LogP contribution in [0.3, 0.4) is 0 Å². The van der Waals surface area contributed by atoms with Crippen molar-refractivity contribution in [3.63, 3.8) is 0 Å². The van der Waals surface area contributed by atoms with Gasteiger partial charge >= 0.3 is 0 Å². The van der Waals surface area contributed by atoms with Crippen LogP contribution in [-0.4, -0.2) is 73.3 Å². The Balaban J connectivity index is 1.97. The molecule has 1 atom stereocenters. The third-order valence-corrected chi connectivity index (χ3v) is 7.33. The van der Waals surface area contributed by atoms with Crippen LogP contribution in [0.4, 0.5) is 0 Å². The van der Waals surface area contributed by atoms with Crippen LogP contribution in [0.1, 0.15) is 70.8 Å². The van der Waals surface area contributed by atoms with E-state index in [1.807, 2.05) is 48.4 Å². The lowest BCUT2D eigenvalue weighted by atomic mass is 9.96. The third kappa shape index (κ3) is 7.21. The first-order valence-electron chi connectivity index (χ1n) is 13.8. The van der Waals surface area contributed by atoms with Crippen molar-refractivity contribution in [2.75, 3.05) is 40.0 Å². The Morgan fingerprint density at radius 2 is 2.00 bits per heavy atom. The number of amides is 2. The Morgan fingerprint density at radius 1 is 1.24 bits per heavy atom. The average molecular weight is 549 g/mol. The summed E-state index contributed by atoms with van der Waals surface area (Å²) < 4.78 is 13.5. The molecular formula is C29H45ClN4O4. The smallest absolute Gasteiger partial charge is 0.272 e. The number of nitrogens with one attached hydrogen (secondary N) is 2. The monoisotopic (exact) mass is 548 g/mol. The zero-order valence-corrected chi connectivity index (χ0v) is 24.6. The minimum atomic E-state index is -0.462. The van der Waals surface area contributed by atoms with Crippen molar-refractivity contribution in [2.24, 2.45) is 5.41 Å². The number of para-hydroxylation sites is 1. The SMILES string of the molecule is COCCCCn1c(C(=O)N(C(C)C)[C@@H]2CCCNC2)c(Cl)c2cccc(OCCNC(=O)C(C)(C)C)c21. The fraction of sp³-hybridized carbons (Fsp3) is 0.655. The van der Waals surface area contributed by atoms with Gasteiger partial charge in [-0.05, 0) is 52.1 Å². The Kier molecular flexibility index (Phi) is 10.9. The van der Waals surface area contributed by atoms with Crippen molar-refractivity contribution >= 4 is 34.3 Å². The molecule has 1 aromatic carbocycles. The number of carbonyl (C=O) groups is 2. The number of methoxy groups -OCH3 is 1. The van der Waals surface area contributed by atoms with E-state index >= 15 is 0 Å². The minimum Gasteiger partial charge on any atom is -0.490 e. The van der Waals surface area contributed by atoms with E-state index in [9.17, 15) is 9.59 Å². The molecule has 2 amide bonds. The number of piperidine rings is 1. The number of hydrogen-bond acceptors (Lipinski definition) is 5. The number of carbonyl (C=O) groups excluding carboxylic acids is 2. The maximum atomic E-state index is 14.2. The minimum absolute atomic E-state index is 0.0252. The second-order valence-corrected chi connectivity index (χ2v) is 11.7. The van der Waals surface area contributed by atoms with E-state index in [0.717, 1.165) is 49.7 Å². The molecule has 9 heteroatoms. The fourth-order valence-electron chi connectivity index (χ4n) is 5.01. The molecule has 0 aliphatic carbocycles. The van der Waals surface area contributed by atoms with Gasteiger partial charge in [-0.25, -0.2) is 0 Å². The molecule has 8 nitrogen and oxygen atoms in total. The van der Waals surface area contributed by atoms with Crippen LogP contribution in [0.2, 0.25) is 5.02 Å². The molecule has 0 bridgehead atoms. The summed E-state index contributed by atoms with van der Waals surface area (Å²) in [6.07, 6.45) is 3.70. The van der Waals surface area contributed by atoms with E-state index in [4.69, 9.17) is 21.1 Å². The van der Waals surface area contributed by atoms with Gasteiger partial charge in [0, 0.05) is 49.7 Å². The maximum absolute atomic E-state index is 14.2. The van der Waals surface area contributed by atoms with Crippen LogP contribution < -0.4 is 15.4 Å². The van der Waals surface area contributed by atoms with Crippen molar-refractivity contribution in [2.45, 2.75) is 78.9 Å². The number of ether oxygens (including phenoxy) is 2. The Bertz CT molecular complexity index is 1090. The van der Waals surface area contributed by atoms with Crippen LogP contribution in [0.15, 0.2) is 18.2 Å². The lowest BCUT2D eigenvalue weighted by Crippen LogP contribution is -2.52. The summed E-state index contributed by atoms with van der Waals surface area (Å²) in [5.41, 5.74) is 0.858. The number of hydrogen-bond donors (Lipinski definition) is 2. The van der Waals surface area contributed by atoms with Crippen LogP contribution in [0.5, 0.6) is 5.75 Å². The van der Waals surface area contributed by atoms with Gasteiger partial charge in [-0.2, -0.15) is 0 Å². The van der Waals surface area contributed by atoms with E-state index in [2.05, 4.69) is 24.5 Å². The van der Waals surface area contributed by atoms with Crippen LogP contribution in [0, 0.1) is 5.41 Å². The highest BCUT2D eigenvalue weighted by Gasteiger charge is 2.33. The second-order valence-electron chi connectivity index (χ2n) is 11.3. The molecule has 2 N–H and O–H groups in total. The average Bonchev–Trinajstić information content (AvgIpc) is 3.16. The molecule has 1 fully saturated rings. The predicted octanol–water partition coefficient (Wildman–Crippen LogP) is 4.87. The molecule has 2 aromatic rings. The summed E-state index contributed by atoms with van der Waals surface area (Å²) >= 11 is 6.99. The molecule has 38 heavy (non-hydrogen) atoms. The highest BCUT2D eigenvalue weighted by molar-refractivity contribution is 6.39. The Labute approximate surface area is 232 Å². The van der Waals surface area contributed by atoms with Crippen LogP contribution in [-0.2, 0) is 16.1 Å². The molecular weight excluding hydrogens is 504 g/mol. The lowest BCUT2D eigenvalue weighted by Gasteiger charge is -2.38. The number of aryl methyl sites for hydroxylation is 1. The van der Waals surface area contributed by atoms with Crippen LogP contribution >= 0.6 is 11.6 Å². The summed E-state index contributed by atoms with van der Waals surface area (Å²) in [5, 5.41) is 7.61. The zero-order chi connectivity index (χ0) is 27.9. The summed E-state index contributed by atoms with van der Waals surface area (Å²) in [6.45, 7) is 13.5. The molecule has 0 saturated carbocycles. The first-order chi connectivity index (χ1) is 18.1. The van der Waals surface area contributed by atoms with Gasteiger partial charge in [-0.3, -0.25) is 9.59 Å². The van der Waals surface area contributed by atoms with Crippen molar-refractivity contribution in [3.8, 4) is 5.75 Å². The van der Waals surface area contributed by atoms with Crippen molar-refractivity contribution in [3.05, 3.63) is 28.9 Å².